The maximum Gasteiger partial charge on any atom is 0.0388 e. The van der Waals surface area contributed by atoms with Crippen LogP contribution in [0, 0.1) is 5.92 Å². The summed E-state index contributed by atoms with van der Waals surface area (Å²) in [6.07, 6.45) is 3.75. The second-order valence-electron chi connectivity index (χ2n) is 5.17. The van der Waals surface area contributed by atoms with Crippen LogP contribution in [-0.4, -0.2) is 24.5 Å². The molecule has 0 radical (unpaired) electrons. The van der Waals surface area contributed by atoms with E-state index >= 15 is 0 Å². The van der Waals surface area contributed by atoms with Gasteiger partial charge < -0.3 is 5.73 Å². The average molecular weight is 311 g/mol. The predicted octanol–water partition coefficient (Wildman–Crippen LogP) is 3.57. The molecule has 1 aliphatic rings. The molecule has 1 fully saturated rings. The molecule has 18 heavy (non-hydrogen) atoms. The van der Waals surface area contributed by atoms with Crippen molar-refractivity contribution in [2.24, 2.45) is 11.7 Å². The van der Waals surface area contributed by atoms with Crippen molar-refractivity contribution in [2.75, 3.05) is 19.6 Å². The smallest absolute Gasteiger partial charge is 0.0388 e. The molecule has 2 N–H and O–H groups in total. The Morgan fingerprint density at radius 2 is 2.28 bits per heavy atom. The van der Waals surface area contributed by atoms with Crippen LogP contribution < -0.4 is 5.73 Å². The van der Waals surface area contributed by atoms with Crippen molar-refractivity contribution in [1.82, 2.24) is 4.90 Å². The van der Waals surface area contributed by atoms with E-state index in [0.29, 0.717) is 12.0 Å². The van der Waals surface area contributed by atoms with E-state index in [4.69, 9.17) is 5.73 Å². The molecule has 2 rings (SSSR count). The van der Waals surface area contributed by atoms with Crippen LogP contribution in [-0.2, 0) is 0 Å². The van der Waals surface area contributed by atoms with Gasteiger partial charge in [-0.25, -0.2) is 0 Å². The number of hydrogen-bond donors (Lipinski definition) is 1. The number of nitrogens with two attached hydrogens (primary N) is 1. The van der Waals surface area contributed by atoms with Crippen LogP contribution >= 0.6 is 15.9 Å². The minimum absolute atomic E-state index is 0.501. The van der Waals surface area contributed by atoms with Crippen molar-refractivity contribution in [2.45, 2.75) is 32.2 Å². The first-order valence-corrected chi connectivity index (χ1v) is 7.75. The van der Waals surface area contributed by atoms with E-state index in [0.717, 1.165) is 11.0 Å². The number of nitrogens with zero attached hydrogens (tertiary/aromatic N) is 1. The van der Waals surface area contributed by atoms with Crippen LogP contribution in [0.25, 0.3) is 0 Å². The maximum absolute atomic E-state index is 5.99. The van der Waals surface area contributed by atoms with E-state index in [-0.39, 0.29) is 0 Å². The Morgan fingerprint density at radius 3 is 2.94 bits per heavy atom. The first-order chi connectivity index (χ1) is 8.76. The summed E-state index contributed by atoms with van der Waals surface area (Å²) in [6.45, 7) is 5.43. The molecule has 1 aliphatic heterocycles. The Kier molecular flexibility index (Phi) is 5.22. The van der Waals surface area contributed by atoms with E-state index in [9.17, 15) is 0 Å². The fraction of sp³-hybridized carbons (Fsp3) is 0.600. The highest BCUT2D eigenvalue weighted by molar-refractivity contribution is 9.10. The Hall–Kier alpha value is -0.380. The van der Waals surface area contributed by atoms with E-state index in [2.05, 4.69) is 52.0 Å². The highest BCUT2D eigenvalue weighted by atomic mass is 79.9. The lowest BCUT2D eigenvalue weighted by Gasteiger charge is -2.41. The molecule has 3 heteroatoms. The summed E-state index contributed by atoms with van der Waals surface area (Å²) >= 11 is 3.58. The summed E-state index contributed by atoms with van der Waals surface area (Å²) < 4.78 is 1.16. The summed E-state index contributed by atoms with van der Waals surface area (Å²) in [5, 5.41) is 0. The van der Waals surface area contributed by atoms with Gasteiger partial charge in [0.05, 0.1) is 0 Å². The van der Waals surface area contributed by atoms with Gasteiger partial charge in [0.25, 0.3) is 0 Å². The van der Waals surface area contributed by atoms with Crippen LogP contribution in [0.4, 0.5) is 0 Å². The lowest BCUT2D eigenvalue weighted by Crippen LogP contribution is -2.41. The number of halogens is 1. The second-order valence-corrected chi connectivity index (χ2v) is 6.09. The maximum atomic E-state index is 5.99. The van der Waals surface area contributed by atoms with E-state index < -0.39 is 0 Å². The molecule has 2 atom stereocenters. The van der Waals surface area contributed by atoms with Gasteiger partial charge >= 0.3 is 0 Å². The van der Waals surface area contributed by atoms with Crippen LogP contribution in [0.1, 0.15) is 37.8 Å². The fourth-order valence-corrected chi connectivity index (χ4v) is 3.53. The molecule has 1 aromatic rings. The lowest BCUT2D eigenvalue weighted by atomic mass is 9.84. The first kappa shape index (κ1) is 14.0. The third-order valence-corrected chi connectivity index (χ3v) is 4.36. The van der Waals surface area contributed by atoms with Crippen molar-refractivity contribution in [3.63, 3.8) is 0 Å². The molecule has 100 valence electrons. The molecule has 1 aromatic carbocycles. The molecule has 1 saturated heterocycles. The molecule has 1 heterocycles. The standard InChI is InChI=1S/C15H23BrN2/c1-2-8-18-9-4-6-13(11-17)15(18)12-5-3-7-14(16)10-12/h3,5,7,10,13,15H,2,4,6,8-9,11,17H2,1H3. The quantitative estimate of drug-likeness (QED) is 0.921. The lowest BCUT2D eigenvalue weighted by molar-refractivity contribution is 0.0960. The van der Waals surface area contributed by atoms with E-state index in [1.165, 1.54) is 37.9 Å². The van der Waals surface area contributed by atoms with E-state index in [1.807, 2.05) is 0 Å². The summed E-state index contributed by atoms with van der Waals surface area (Å²) in [7, 11) is 0. The van der Waals surface area contributed by atoms with Crippen LogP contribution in [0.2, 0.25) is 0 Å². The third-order valence-electron chi connectivity index (χ3n) is 3.86. The molecule has 0 amide bonds. The summed E-state index contributed by atoms with van der Waals surface area (Å²) in [5.41, 5.74) is 7.40. The third kappa shape index (κ3) is 3.14. The second kappa shape index (κ2) is 6.69. The van der Waals surface area contributed by atoms with Gasteiger partial charge in [-0.05, 0) is 62.5 Å². The first-order valence-electron chi connectivity index (χ1n) is 6.95. The summed E-state index contributed by atoms with van der Waals surface area (Å²) in [4.78, 5) is 2.61. The van der Waals surface area contributed by atoms with Gasteiger partial charge in [-0.15, -0.1) is 0 Å². The largest absolute Gasteiger partial charge is 0.330 e. The van der Waals surface area contributed by atoms with Crippen LogP contribution in [0.5, 0.6) is 0 Å². The zero-order chi connectivity index (χ0) is 13.0. The fourth-order valence-electron chi connectivity index (χ4n) is 3.11. The Labute approximate surface area is 119 Å². The Balaban J connectivity index is 2.27. The topological polar surface area (TPSA) is 29.3 Å². The van der Waals surface area contributed by atoms with Gasteiger partial charge in [0.1, 0.15) is 0 Å². The number of piperidine rings is 1. The monoisotopic (exact) mass is 310 g/mol. The van der Waals surface area contributed by atoms with Crippen molar-refractivity contribution < 1.29 is 0 Å². The molecule has 2 nitrogen and oxygen atoms in total. The van der Waals surface area contributed by atoms with Gasteiger partial charge in [-0.1, -0.05) is 35.0 Å². The van der Waals surface area contributed by atoms with Crippen molar-refractivity contribution in [3.8, 4) is 0 Å². The van der Waals surface area contributed by atoms with Gasteiger partial charge in [-0.3, -0.25) is 4.90 Å². The number of hydrogen-bond acceptors (Lipinski definition) is 2. The van der Waals surface area contributed by atoms with Crippen molar-refractivity contribution in [1.29, 1.82) is 0 Å². The number of likely N-dealkylation sites (tertiary alicyclic amines) is 1. The van der Waals surface area contributed by atoms with Crippen LogP contribution in [0.3, 0.4) is 0 Å². The predicted molar refractivity (Wildman–Crippen MR) is 80.5 cm³/mol. The Morgan fingerprint density at radius 1 is 1.44 bits per heavy atom. The zero-order valence-corrected chi connectivity index (χ0v) is 12.7. The molecular weight excluding hydrogens is 288 g/mol. The molecule has 2 unspecified atom stereocenters. The highest BCUT2D eigenvalue weighted by Gasteiger charge is 2.31. The van der Waals surface area contributed by atoms with Gasteiger partial charge in [0.15, 0.2) is 0 Å². The molecular formula is C15H23BrN2. The SMILES string of the molecule is CCCN1CCCC(CN)C1c1cccc(Br)c1. The highest BCUT2D eigenvalue weighted by Crippen LogP contribution is 2.36. The number of benzene rings is 1. The minimum Gasteiger partial charge on any atom is -0.330 e. The Bertz CT molecular complexity index is 379. The normalized spacial score (nSPS) is 25.3. The van der Waals surface area contributed by atoms with E-state index in [1.54, 1.807) is 0 Å². The minimum atomic E-state index is 0.501. The van der Waals surface area contributed by atoms with Gasteiger partial charge in [-0.2, -0.15) is 0 Å². The van der Waals surface area contributed by atoms with Crippen molar-refractivity contribution in [3.05, 3.63) is 34.3 Å². The molecule has 0 spiro atoms. The van der Waals surface area contributed by atoms with Crippen molar-refractivity contribution >= 4 is 15.9 Å². The van der Waals surface area contributed by atoms with Gasteiger partial charge in [0.2, 0.25) is 0 Å². The molecule has 0 aromatic heterocycles. The molecule has 0 aliphatic carbocycles. The summed E-state index contributed by atoms with van der Waals surface area (Å²) in [6, 6.07) is 9.22. The van der Waals surface area contributed by atoms with Gasteiger partial charge in [0, 0.05) is 10.5 Å². The molecule has 0 bridgehead atoms. The zero-order valence-electron chi connectivity index (χ0n) is 11.1. The van der Waals surface area contributed by atoms with Crippen LogP contribution in [0.15, 0.2) is 28.7 Å². The summed E-state index contributed by atoms with van der Waals surface area (Å²) in [5.74, 6) is 0.597. The average Bonchev–Trinajstić information content (AvgIpc) is 2.38. The molecule has 0 saturated carbocycles. The number of rotatable bonds is 4.